The molecule has 10 nitrogen and oxygen atoms in total. The number of hydrogen-bond donors (Lipinski definition) is 3. The number of aromatic nitrogens is 6. The molecule has 0 fully saturated rings. The number of nitrogen functional groups attached to an aromatic ring is 2. The van der Waals surface area contributed by atoms with Crippen LogP contribution in [0.2, 0.25) is 0 Å². The lowest BCUT2D eigenvalue weighted by Gasteiger charge is -2.21. The molecule has 0 saturated heterocycles. The zero-order chi connectivity index (χ0) is 28.9. The van der Waals surface area contributed by atoms with Crippen LogP contribution in [-0.4, -0.2) is 46.4 Å². The van der Waals surface area contributed by atoms with Crippen LogP contribution in [0, 0.1) is 5.92 Å². The van der Waals surface area contributed by atoms with Crippen molar-refractivity contribution >= 4 is 55.5 Å². The molecule has 0 aliphatic carbocycles. The number of nitrogens with two attached hydrogens (primary N) is 2. The lowest BCUT2D eigenvalue weighted by atomic mass is 9.97. The van der Waals surface area contributed by atoms with Crippen molar-refractivity contribution < 1.29 is 9.84 Å². The second-order valence-electron chi connectivity index (χ2n) is 11.5. The number of fused-ring (bicyclic) bond motifs is 6. The topological polar surface area (TPSA) is 143 Å². The highest BCUT2D eigenvalue weighted by Crippen LogP contribution is 2.33. The normalized spacial score (nSPS) is 13.2. The molecule has 1 unspecified atom stereocenters. The maximum absolute atomic E-state index is 10.7. The molecule has 6 rings (SSSR count). The van der Waals surface area contributed by atoms with E-state index in [4.69, 9.17) is 26.2 Å². The number of imidazole rings is 2. The predicted octanol–water partition coefficient (Wildman–Crippen LogP) is 4.83. The molecule has 41 heavy (non-hydrogen) atoms. The van der Waals surface area contributed by atoms with Crippen LogP contribution in [-0.2, 0) is 30.9 Å². The van der Waals surface area contributed by atoms with Gasteiger partial charge in [-0.05, 0) is 44.7 Å². The quantitative estimate of drug-likeness (QED) is 0.231. The molecule has 0 bridgehead atoms. The monoisotopic (exact) mass is 552 g/mol. The Hall–Kier alpha value is -4.28. The van der Waals surface area contributed by atoms with Crippen LogP contribution in [0.3, 0.4) is 0 Å². The van der Waals surface area contributed by atoms with E-state index in [-0.39, 0.29) is 5.92 Å². The maximum Gasteiger partial charge on any atom is 0.152 e. The highest BCUT2D eigenvalue weighted by atomic mass is 16.5. The number of nitrogens with zero attached hydrogens (tertiary/aromatic N) is 6. The van der Waals surface area contributed by atoms with Crippen molar-refractivity contribution in [2.45, 2.75) is 59.4 Å². The van der Waals surface area contributed by atoms with E-state index in [1.807, 2.05) is 36.0 Å². The van der Waals surface area contributed by atoms with Gasteiger partial charge in [-0.25, -0.2) is 19.9 Å². The van der Waals surface area contributed by atoms with Crippen molar-refractivity contribution in [1.82, 2.24) is 29.1 Å². The van der Waals surface area contributed by atoms with E-state index in [1.165, 1.54) is 0 Å². The van der Waals surface area contributed by atoms with Gasteiger partial charge in [0.15, 0.2) is 11.6 Å². The molecule has 0 amide bonds. The fraction of sp³-hybridized carbons (Fsp3) is 0.355. The fourth-order valence-corrected chi connectivity index (χ4v) is 5.78. The first-order valence-electron chi connectivity index (χ1n) is 14.0. The number of anilines is 2. The molecule has 4 heterocycles. The Morgan fingerprint density at radius 2 is 1.68 bits per heavy atom. The first-order chi connectivity index (χ1) is 19.6. The SMILES string of the molecule is CCOCc1nc2c(N)nc3c(CC(C)Cn4cnc5c(N)nc6ccccc6c54)cccc3c2n1CC(C)(C)O. The van der Waals surface area contributed by atoms with Gasteiger partial charge < -0.3 is 30.4 Å². The minimum atomic E-state index is -0.957. The standard InChI is InChI=1S/C31H36N8O2/c1-5-41-15-23-36-26-28(39(23)16-31(3,4)40)21-11-8-9-19(24(21)37-30(26)33)13-18(2)14-38-17-34-25-27(38)20-10-6-7-12-22(20)35-29(25)32/h6-12,17-18,40H,5,13-16H2,1-4H3,(H2,32,35)(H2,33,37). The van der Waals surface area contributed by atoms with Crippen molar-refractivity contribution in [3.63, 3.8) is 0 Å². The molecule has 0 saturated carbocycles. The minimum Gasteiger partial charge on any atom is -0.389 e. The summed E-state index contributed by atoms with van der Waals surface area (Å²) in [6.45, 7) is 9.73. The highest BCUT2D eigenvalue weighted by Gasteiger charge is 2.24. The second kappa shape index (κ2) is 10.3. The Kier molecular flexibility index (Phi) is 6.75. The third-order valence-electron chi connectivity index (χ3n) is 7.43. The summed E-state index contributed by atoms with van der Waals surface area (Å²) in [5.41, 5.74) is 17.8. The Balaban J connectivity index is 1.40. The van der Waals surface area contributed by atoms with Gasteiger partial charge in [-0.2, -0.15) is 0 Å². The first kappa shape index (κ1) is 26.9. The number of aliphatic hydroxyl groups is 1. The minimum absolute atomic E-state index is 0.250. The van der Waals surface area contributed by atoms with E-state index in [0.29, 0.717) is 36.9 Å². The molecule has 2 aromatic carbocycles. The number of pyridine rings is 2. The van der Waals surface area contributed by atoms with Crippen LogP contribution in [0.25, 0.3) is 43.9 Å². The number of benzene rings is 2. The van der Waals surface area contributed by atoms with Crippen molar-refractivity contribution in [2.24, 2.45) is 5.92 Å². The highest BCUT2D eigenvalue weighted by molar-refractivity contribution is 6.08. The van der Waals surface area contributed by atoms with Gasteiger partial charge in [0.1, 0.15) is 23.5 Å². The van der Waals surface area contributed by atoms with Gasteiger partial charge in [-0.1, -0.05) is 43.3 Å². The van der Waals surface area contributed by atoms with Crippen LogP contribution in [0.1, 0.15) is 39.1 Å². The summed E-state index contributed by atoms with van der Waals surface area (Å²) in [4.78, 5) is 18.8. The molecule has 4 aromatic heterocycles. The Bertz CT molecular complexity index is 1900. The average Bonchev–Trinajstić information content (AvgIpc) is 3.50. The molecule has 1 atom stereocenters. The molecule has 6 aromatic rings. The average molecular weight is 553 g/mol. The van der Waals surface area contributed by atoms with E-state index >= 15 is 0 Å². The predicted molar refractivity (Wildman–Crippen MR) is 163 cm³/mol. The molecule has 0 spiro atoms. The van der Waals surface area contributed by atoms with E-state index in [9.17, 15) is 5.11 Å². The van der Waals surface area contributed by atoms with Crippen LogP contribution >= 0.6 is 0 Å². The third-order valence-corrected chi connectivity index (χ3v) is 7.43. The molecule has 10 heteroatoms. The molecule has 212 valence electrons. The van der Waals surface area contributed by atoms with Gasteiger partial charge in [-0.3, -0.25) is 0 Å². The number of ether oxygens (including phenoxy) is 1. The molecule has 5 N–H and O–H groups in total. The van der Waals surface area contributed by atoms with Crippen molar-refractivity contribution in [1.29, 1.82) is 0 Å². The summed E-state index contributed by atoms with van der Waals surface area (Å²) >= 11 is 0. The fourth-order valence-electron chi connectivity index (χ4n) is 5.78. The summed E-state index contributed by atoms with van der Waals surface area (Å²) in [7, 11) is 0. The summed E-state index contributed by atoms with van der Waals surface area (Å²) in [6, 6.07) is 14.2. The van der Waals surface area contributed by atoms with E-state index in [2.05, 4.69) is 45.7 Å². The zero-order valence-electron chi connectivity index (χ0n) is 23.9. The molecular weight excluding hydrogens is 516 g/mol. The third kappa shape index (κ3) is 4.93. The van der Waals surface area contributed by atoms with Crippen molar-refractivity contribution in [3.8, 4) is 0 Å². The van der Waals surface area contributed by atoms with E-state index in [0.717, 1.165) is 62.7 Å². The van der Waals surface area contributed by atoms with Crippen molar-refractivity contribution in [3.05, 3.63) is 60.2 Å². The summed E-state index contributed by atoms with van der Waals surface area (Å²) in [5.74, 6) is 1.78. The lowest BCUT2D eigenvalue weighted by Crippen LogP contribution is -2.27. The number of hydrogen-bond acceptors (Lipinski definition) is 8. The molecule has 0 aliphatic rings. The molecule has 0 radical (unpaired) electrons. The number of para-hydroxylation sites is 2. The van der Waals surface area contributed by atoms with Gasteiger partial charge in [0.25, 0.3) is 0 Å². The second-order valence-corrected chi connectivity index (χ2v) is 11.5. The largest absolute Gasteiger partial charge is 0.389 e. The lowest BCUT2D eigenvalue weighted by molar-refractivity contribution is 0.0582. The molecular formula is C31H36N8O2. The summed E-state index contributed by atoms with van der Waals surface area (Å²) in [6.07, 6.45) is 2.63. The Morgan fingerprint density at radius 1 is 0.927 bits per heavy atom. The Morgan fingerprint density at radius 3 is 2.46 bits per heavy atom. The van der Waals surface area contributed by atoms with Crippen molar-refractivity contribution in [2.75, 3.05) is 18.1 Å². The maximum atomic E-state index is 10.7. The van der Waals surface area contributed by atoms with Crippen LogP contribution in [0.4, 0.5) is 11.6 Å². The van der Waals surface area contributed by atoms with Gasteiger partial charge >= 0.3 is 0 Å². The molecule has 0 aliphatic heterocycles. The number of rotatable bonds is 9. The van der Waals surface area contributed by atoms with Gasteiger partial charge in [0.2, 0.25) is 0 Å². The Labute approximate surface area is 238 Å². The first-order valence-corrected chi connectivity index (χ1v) is 14.0. The summed E-state index contributed by atoms with van der Waals surface area (Å²) < 4.78 is 9.90. The zero-order valence-corrected chi connectivity index (χ0v) is 23.9. The van der Waals surface area contributed by atoms with Crippen LogP contribution in [0.15, 0.2) is 48.8 Å². The smallest absolute Gasteiger partial charge is 0.152 e. The van der Waals surface area contributed by atoms with Crippen LogP contribution < -0.4 is 11.5 Å². The van der Waals surface area contributed by atoms with E-state index in [1.54, 1.807) is 13.8 Å². The van der Waals surface area contributed by atoms with Crippen LogP contribution in [0.5, 0.6) is 0 Å². The summed E-state index contributed by atoms with van der Waals surface area (Å²) in [5, 5.41) is 12.7. The van der Waals surface area contributed by atoms with Gasteiger partial charge in [0.05, 0.1) is 40.5 Å². The van der Waals surface area contributed by atoms with Gasteiger partial charge in [-0.15, -0.1) is 0 Å². The van der Waals surface area contributed by atoms with E-state index < -0.39 is 5.60 Å². The van der Waals surface area contributed by atoms with Gasteiger partial charge in [0, 0.05) is 23.9 Å².